The molecule has 2 radical (unpaired) electrons. The van der Waals surface area contributed by atoms with Crippen LogP contribution in [0.3, 0.4) is 0 Å². The molecule has 1 heteroatoms. The van der Waals surface area contributed by atoms with Crippen LogP contribution in [0.5, 0.6) is 0 Å². The van der Waals surface area contributed by atoms with Crippen LogP contribution < -0.4 is 0 Å². The lowest BCUT2D eigenvalue weighted by molar-refractivity contribution is 0.143. The van der Waals surface area contributed by atoms with E-state index in [2.05, 4.69) is 41.5 Å². The average molecular weight is 194 g/mol. The van der Waals surface area contributed by atoms with Crippen LogP contribution in [0.15, 0.2) is 0 Å². The van der Waals surface area contributed by atoms with E-state index in [1.165, 1.54) is 19.3 Å². The average Bonchev–Trinajstić information content (AvgIpc) is 2.13. The molecule has 0 fully saturated rings. The number of rotatable bonds is 6. The summed E-state index contributed by atoms with van der Waals surface area (Å²) in [4.78, 5) is 0. The van der Waals surface area contributed by atoms with E-state index in [9.17, 15) is 0 Å². The van der Waals surface area contributed by atoms with Crippen LogP contribution in [0.2, 0.25) is 5.82 Å². The molecule has 0 amide bonds. The minimum absolute atomic E-state index is 0.359. The van der Waals surface area contributed by atoms with Crippen LogP contribution >= 0.6 is 0 Å². The zero-order chi connectivity index (χ0) is 11.4. The molecule has 0 aliphatic carbocycles. The van der Waals surface area contributed by atoms with Crippen molar-refractivity contribution in [1.82, 2.24) is 0 Å². The van der Waals surface area contributed by atoms with Crippen LogP contribution in [0.25, 0.3) is 0 Å². The molecule has 0 nitrogen and oxygen atoms in total. The van der Waals surface area contributed by atoms with E-state index in [1.807, 2.05) is 0 Å². The van der Waals surface area contributed by atoms with Crippen molar-refractivity contribution in [1.29, 1.82) is 0 Å². The van der Waals surface area contributed by atoms with Gasteiger partial charge in [-0.1, -0.05) is 72.5 Å². The van der Waals surface area contributed by atoms with E-state index < -0.39 is 0 Å². The molecule has 0 aromatic carbocycles. The molecular weight excluding hydrogens is 167 g/mol. The Hall–Kier alpha value is 0.0649. The molecule has 0 aliphatic rings. The van der Waals surface area contributed by atoms with Crippen LogP contribution in [0.1, 0.15) is 60.8 Å². The zero-order valence-corrected chi connectivity index (χ0v) is 10.9. The Morgan fingerprint density at radius 3 is 1.64 bits per heavy atom. The topological polar surface area (TPSA) is 0 Å². The lowest BCUT2D eigenvalue weighted by atomic mass is 9.61. The highest BCUT2D eigenvalue weighted by atomic mass is 14.4. The van der Waals surface area contributed by atoms with Crippen molar-refractivity contribution < 1.29 is 0 Å². The lowest BCUT2D eigenvalue weighted by Gasteiger charge is -2.39. The molecule has 1 unspecified atom stereocenters. The Labute approximate surface area is 92.3 Å². The first-order valence-electron chi connectivity index (χ1n) is 6.15. The predicted molar refractivity (Wildman–Crippen MR) is 66.8 cm³/mol. The molecule has 0 N–H and O–H groups in total. The largest absolute Gasteiger partial charge is 0.0746 e. The fourth-order valence-electron chi connectivity index (χ4n) is 2.30. The van der Waals surface area contributed by atoms with Gasteiger partial charge in [0.05, 0.1) is 7.85 Å². The second-order valence-corrected chi connectivity index (χ2v) is 5.34. The van der Waals surface area contributed by atoms with Gasteiger partial charge in [-0.25, -0.2) is 0 Å². The van der Waals surface area contributed by atoms with Crippen molar-refractivity contribution in [2.24, 2.45) is 17.3 Å². The Balaban J connectivity index is 4.50. The monoisotopic (exact) mass is 194 g/mol. The molecule has 0 heterocycles. The van der Waals surface area contributed by atoms with Gasteiger partial charge in [0.1, 0.15) is 0 Å². The van der Waals surface area contributed by atoms with Gasteiger partial charge in [-0.05, 0) is 11.3 Å². The van der Waals surface area contributed by atoms with E-state index in [0.717, 1.165) is 5.92 Å². The van der Waals surface area contributed by atoms with Gasteiger partial charge < -0.3 is 0 Å². The molecule has 0 bridgehead atoms. The molecule has 14 heavy (non-hydrogen) atoms. The first kappa shape index (κ1) is 14.1. The van der Waals surface area contributed by atoms with Crippen molar-refractivity contribution in [2.45, 2.75) is 66.6 Å². The molecule has 0 aromatic rings. The highest BCUT2D eigenvalue weighted by molar-refractivity contribution is 6.11. The third-order valence-corrected chi connectivity index (χ3v) is 4.13. The second kappa shape index (κ2) is 5.83. The Morgan fingerprint density at radius 2 is 1.43 bits per heavy atom. The SMILES string of the molecule is [B]C(CC(CC)(CC)C(C)C)C(C)C. The Kier molecular flexibility index (Phi) is 5.85. The summed E-state index contributed by atoms with van der Waals surface area (Å²) in [5, 5.41) is 0. The third kappa shape index (κ3) is 3.33. The minimum atomic E-state index is 0.359. The van der Waals surface area contributed by atoms with Gasteiger partial charge in [0.15, 0.2) is 0 Å². The Bertz CT molecular complexity index is 145. The maximum atomic E-state index is 6.19. The van der Waals surface area contributed by atoms with Gasteiger partial charge in [-0.2, -0.15) is 0 Å². The van der Waals surface area contributed by atoms with Crippen LogP contribution in [-0.2, 0) is 0 Å². The first-order valence-corrected chi connectivity index (χ1v) is 6.15. The van der Waals surface area contributed by atoms with Gasteiger partial charge in [-0.3, -0.25) is 0 Å². The second-order valence-electron chi connectivity index (χ2n) is 5.34. The maximum Gasteiger partial charge on any atom is 0.0703 e. The molecule has 0 saturated carbocycles. The van der Waals surface area contributed by atoms with Crippen LogP contribution in [-0.4, -0.2) is 7.85 Å². The van der Waals surface area contributed by atoms with E-state index >= 15 is 0 Å². The summed E-state index contributed by atoms with van der Waals surface area (Å²) >= 11 is 0. The summed E-state index contributed by atoms with van der Waals surface area (Å²) in [7, 11) is 6.19. The van der Waals surface area contributed by atoms with E-state index in [-0.39, 0.29) is 0 Å². The van der Waals surface area contributed by atoms with Crippen molar-refractivity contribution >= 4 is 7.85 Å². The number of hydrogen-bond acceptors (Lipinski definition) is 0. The highest BCUT2D eigenvalue weighted by Gasteiger charge is 2.31. The third-order valence-electron chi connectivity index (χ3n) is 4.13. The fraction of sp³-hybridized carbons (Fsp3) is 1.00. The maximum absolute atomic E-state index is 6.19. The Morgan fingerprint density at radius 1 is 1.00 bits per heavy atom. The van der Waals surface area contributed by atoms with E-state index in [4.69, 9.17) is 7.85 Å². The van der Waals surface area contributed by atoms with Gasteiger partial charge in [-0.15, -0.1) is 0 Å². The molecule has 0 aliphatic heterocycles. The van der Waals surface area contributed by atoms with Crippen LogP contribution in [0.4, 0.5) is 0 Å². The van der Waals surface area contributed by atoms with E-state index in [1.54, 1.807) is 0 Å². The van der Waals surface area contributed by atoms with Crippen LogP contribution in [0, 0.1) is 17.3 Å². The molecule has 82 valence electrons. The number of hydrogen-bond donors (Lipinski definition) is 0. The quantitative estimate of drug-likeness (QED) is 0.548. The molecule has 0 rings (SSSR count). The minimum Gasteiger partial charge on any atom is -0.0746 e. The van der Waals surface area contributed by atoms with Crippen molar-refractivity contribution in [2.75, 3.05) is 0 Å². The van der Waals surface area contributed by atoms with Gasteiger partial charge in [0.2, 0.25) is 0 Å². The zero-order valence-electron chi connectivity index (χ0n) is 10.9. The summed E-state index contributed by atoms with van der Waals surface area (Å²) < 4.78 is 0. The molecule has 0 spiro atoms. The normalized spacial score (nSPS) is 15.1. The van der Waals surface area contributed by atoms with Crippen molar-refractivity contribution in [3.63, 3.8) is 0 Å². The smallest absolute Gasteiger partial charge is 0.0703 e. The first-order chi connectivity index (χ1) is 6.39. The predicted octanol–water partition coefficient (Wildman–Crippen LogP) is 4.45. The highest BCUT2D eigenvalue weighted by Crippen LogP contribution is 2.43. The van der Waals surface area contributed by atoms with Crippen molar-refractivity contribution in [3.8, 4) is 0 Å². The van der Waals surface area contributed by atoms with Crippen molar-refractivity contribution in [3.05, 3.63) is 0 Å². The van der Waals surface area contributed by atoms with Gasteiger partial charge in [0, 0.05) is 0 Å². The molecule has 0 aromatic heterocycles. The summed E-state index contributed by atoms with van der Waals surface area (Å²) in [5.41, 5.74) is 0.462. The molecule has 0 saturated heterocycles. The summed E-state index contributed by atoms with van der Waals surface area (Å²) in [6, 6.07) is 0. The van der Waals surface area contributed by atoms with E-state index in [0.29, 0.717) is 17.2 Å². The fourth-order valence-corrected chi connectivity index (χ4v) is 2.30. The van der Waals surface area contributed by atoms with Gasteiger partial charge >= 0.3 is 0 Å². The van der Waals surface area contributed by atoms with Gasteiger partial charge in [0.25, 0.3) is 0 Å². The molecule has 1 atom stereocenters. The summed E-state index contributed by atoms with van der Waals surface area (Å²) in [6.07, 6.45) is 3.68. The molecular formula is C13H27B. The lowest BCUT2D eigenvalue weighted by Crippen LogP contribution is -2.28. The summed E-state index contributed by atoms with van der Waals surface area (Å²) in [6.45, 7) is 13.7. The summed E-state index contributed by atoms with van der Waals surface area (Å²) in [5.74, 6) is 1.70. The standard InChI is InChI=1S/C13H27B/c1-7-13(8-2,11(5)6)9-12(14)10(3)4/h10-12H,7-9H2,1-6H3.